The molecule has 1 aromatic heterocycles. The highest BCUT2D eigenvalue weighted by molar-refractivity contribution is 6.03. The first-order chi connectivity index (χ1) is 14.3. The number of halogens is 3. The molecule has 0 aliphatic heterocycles. The topological polar surface area (TPSA) is 66.9 Å². The van der Waals surface area contributed by atoms with Crippen molar-refractivity contribution in [2.24, 2.45) is 5.92 Å². The monoisotopic (exact) mass is 412 g/mol. The lowest BCUT2D eigenvalue weighted by atomic mass is 9.87. The Hall–Kier alpha value is -3.42. The average Bonchev–Trinajstić information content (AvgIpc) is 2.67. The van der Waals surface area contributed by atoms with E-state index < -0.39 is 11.7 Å². The molecule has 0 saturated carbocycles. The number of aromatic nitrogens is 2. The van der Waals surface area contributed by atoms with E-state index in [0.717, 1.165) is 17.8 Å². The molecule has 4 rings (SSSR count). The third-order valence-corrected chi connectivity index (χ3v) is 4.82. The van der Waals surface area contributed by atoms with Crippen LogP contribution in [-0.4, -0.2) is 15.8 Å². The van der Waals surface area contributed by atoms with Crippen LogP contribution in [0.25, 0.3) is 0 Å². The van der Waals surface area contributed by atoms with E-state index in [2.05, 4.69) is 20.6 Å². The van der Waals surface area contributed by atoms with Gasteiger partial charge in [-0.25, -0.2) is 4.98 Å². The van der Waals surface area contributed by atoms with Crippen LogP contribution < -0.4 is 10.6 Å². The van der Waals surface area contributed by atoms with Gasteiger partial charge < -0.3 is 10.6 Å². The van der Waals surface area contributed by atoms with E-state index in [1.807, 2.05) is 37.3 Å². The summed E-state index contributed by atoms with van der Waals surface area (Å²) in [5.41, 5.74) is 1.10. The van der Waals surface area contributed by atoms with Crippen molar-refractivity contribution in [1.29, 1.82) is 0 Å². The van der Waals surface area contributed by atoms with Crippen LogP contribution in [-0.2, 0) is 12.6 Å². The van der Waals surface area contributed by atoms with Gasteiger partial charge in [-0.3, -0.25) is 4.79 Å². The summed E-state index contributed by atoms with van der Waals surface area (Å²) in [6.07, 6.45) is -3.53. The maximum absolute atomic E-state index is 13.1. The SMILES string of the molecule is CC1CC(=O)c2c(nc(Nc3ccccc3)nc2Nc2cccc(C(F)(F)F)c2)C1. The van der Waals surface area contributed by atoms with Gasteiger partial charge in [-0.2, -0.15) is 18.2 Å². The lowest BCUT2D eigenvalue weighted by Gasteiger charge is -2.23. The van der Waals surface area contributed by atoms with Gasteiger partial charge in [-0.1, -0.05) is 31.2 Å². The largest absolute Gasteiger partial charge is 0.416 e. The van der Waals surface area contributed by atoms with E-state index >= 15 is 0 Å². The summed E-state index contributed by atoms with van der Waals surface area (Å²) in [5.74, 6) is 0.487. The van der Waals surface area contributed by atoms with Crippen molar-refractivity contribution in [3.8, 4) is 0 Å². The van der Waals surface area contributed by atoms with Crippen LogP contribution in [0.2, 0.25) is 0 Å². The Labute approximate surface area is 171 Å². The van der Waals surface area contributed by atoms with Gasteiger partial charge >= 0.3 is 6.18 Å². The third kappa shape index (κ3) is 4.27. The second-order valence-corrected chi connectivity index (χ2v) is 7.35. The number of carbonyl (C=O) groups is 1. The van der Waals surface area contributed by atoms with Crippen LogP contribution in [0, 0.1) is 5.92 Å². The normalized spacial score (nSPS) is 16.1. The highest BCUT2D eigenvalue weighted by atomic mass is 19.4. The molecule has 5 nitrogen and oxygen atoms in total. The van der Waals surface area contributed by atoms with Gasteiger partial charge in [-0.15, -0.1) is 0 Å². The van der Waals surface area contributed by atoms with Crippen LogP contribution in [0.4, 0.5) is 36.3 Å². The summed E-state index contributed by atoms with van der Waals surface area (Å²) in [7, 11) is 0. The molecule has 1 aliphatic carbocycles. The molecule has 0 fully saturated rings. The summed E-state index contributed by atoms with van der Waals surface area (Å²) >= 11 is 0. The van der Waals surface area contributed by atoms with E-state index in [9.17, 15) is 18.0 Å². The van der Waals surface area contributed by atoms with E-state index in [1.165, 1.54) is 12.1 Å². The Bertz CT molecular complexity index is 1080. The van der Waals surface area contributed by atoms with Gasteiger partial charge in [0.2, 0.25) is 5.95 Å². The van der Waals surface area contributed by atoms with Crippen molar-refractivity contribution in [3.63, 3.8) is 0 Å². The number of ketones is 1. The number of alkyl halides is 3. The summed E-state index contributed by atoms with van der Waals surface area (Å²) in [4.78, 5) is 21.6. The predicted molar refractivity (Wildman–Crippen MR) is 108 cm³/mol. The Kier molecular flexibility index (Phi) is 5.15. The maximum Gasteiger partial charge on any atom is 0.416 e. The molecule has 30 heavy (non-hydrogen) atoms. The number of nitrogens with one attached hydrogen (secondary N) is 2. The zero-order valence-electron chi connectivity index (χ0n) is 16.1. The second kappa shape index (κ2) is 7.78. The Morgan fingerprint density at radius 2 is 1.67 bits per heavy atom. The fourth-order valence-corrected chi connectivity index (χ4v) is 3.48. The van der Waals surface area contributed by atoms with Crippen molar-refractivity contribution in [3.05, 3.63) is 71.4 Å². The van der Waals surface area contributed by atoms with Crippen molar-refractivity contribution in [2.45, 2.75) is 25.9 Å². The number of hydrogen-bond donors (Lipinski definition) is 2. The average molecular weight is 412 g/mol. The quantitative estimate of drug-likeness (QED) is 0.571. The maximum atomic E-state index is 13.1. The number of hydrogen-bond acceptors (Lipinski definition) is 5. The fourth-order valence-electron chi connectivity index (χ4n) is 3.48. The molecule has 0 spiro atoms. The molecule has 0 bridgehead atoms. The molecule has 1 heterocycles. The van der Waals surface area contributed by atoms with Crippen LogP contribution in [0.1, 0.15) is 35.0 Å². The number of para-hydroxylation sites is 1. The highest BCUT2D eigenvalue weighted by Gasteiger charge is 2.31. The van der Waals surface area contributed by atoms with E-state index in [1.54, 1.807) is 0 Å². The molecule has 3 aromatic rings. The summed E-state index contributed by atoms with van der Waals surface area (Å²) in [6.45, 7) is 1.97. The lowest BCUT2D eigenvalue weighted by Crippen LogP contribution is -2.22. The molecule has 154 valence electrons. The fraction of sp³-hybridized carbons (Fsp3) is 0.227. The molecular formula is C22H19F3N4O. The van der Waals surface area contributed by atoms with Gasteiger partial charge in [0, 0.05) is 17.8 Å². The lowest BCUT2D eigenvalue weighted by molar-refractivity contribution is -0.137. The van der Waals surface area contributed by atoms with Gasteiger partial charge in [0.25, 0.3) is 0 Å². The standard InChI is InChI=1S/C22H19F3N4O/c1-13-10-17-19(18(30)11-13)20(26-16-9-5-6-14(12-16)22(23,24)25)29-21(28-17)27-15-7-3-2-4-8-15/h2-9,12-13H,10-11H2,1H3,(H2,26,27,28,29). The van der Waals surface area contributed by atoms with Crippen LogP contribution >= 0.6 is 0 Å². The number of Topliss-reactive ketones (excluding diaryl/α,β-unsaturated/α-hetero) is 1. The van der Waals surface area contributed by atoms with E-state index in [0.29, 0.717) is 24.1 Å². The molecule has 0 saturated heterocycles. The minimum Gasteiger partial charge on any atom is -0.339 e. The smallest absolute Gasteiger partial charge is 0.339 e. The first-order valence-corrected chi connectivity index (χ1v) is 9.50. The van der Waals surface area contributed by atoms with Crippen molar-refractivity contribution in [1.82, 2.24) is 9.97 Å². The third-order valence-electron chi connectivity index (χ3n) is 4.82. The summed E-state index contributed by atoms with van der Waals surface area (Å²) in [5, 5.41) is 6.00. The molecular weight excluding hydrogens is 393 g/mol. The van der Waals surface area contributed by atoms with E-state index in [-0.39, 0.29) is 29.2 Å². The number of fused-ring (bicyclic) bond motifs is 1. The highest BCUT2D eigenvalue weighted by Crippen LogP contribution is 2.34. The summed E-state index contributed by atoms with van der Waals surface area (Å²) in [6, 6.07) is 14.1. The minimum atomic E-state index is -4.46. The number of carbonyl (C=O) groups excluding carboxylic acids is 1. The van der Waals surface area contributed by atoms with Gasteiger partial charge in [-0.05, 0) is 42.7 Å². The Morgan fingerprint density at radius 3 is 2.40 bits per heavy atom. The predicted octanol–water partition coefficient (Wildman–Crippen LogP) is 5.75. The molecule has 1 aliphatic rings. The molecule has 8 heteroatoms. The molecule has 1 unspecified atom stereocenters. The zero-order valence-corrected chi connectivity index (χ0v) is 16.1. The van der Waals surface area contributed by atoms with E-state index in [4.69, 9.17) is 0 Å². The van der Waals surface area contributed by atoms with Gasteiger partial charge in [0.15, 0.2) is 5.78 Å². The molecule has 2 aromatic carbocycles. The van der Waals surface area contributed by atoms with Crippen LogP contribution in [0.15, 0.2) is 54.6 Å². The van der Waals surface area contributed by atoms with Gasteiger partial charge in [0.05, 0.1) is 16.8 Å². The molecule has 2 N–H and O–H groups in total. The van der Waals surface area contributed by atoms with Gasteiger partial charge in [0.1, 0.15) is 5.82 Å². The minimum absolute atomic E-state index is 0.121. The number of anilines is 4. The first-order valence-electron chi connectivity index (χ1n) is 9.50. The zero-order chi connectivity index (χ0) is 21.3. The Balaban J connectivity index is 1.75. The van der Waals surface area contributed by atoms with Crippen LogP contribution in [0.3, 0.4) is 0 Å². The Morgan fingerprint density at radius 1 is 0.933 bits per heavy atom. The number of benzene rings is 2. The van der Waals surface area contributed by atoms with Crippen molar-refractivity contribution < 1.29 is 18.0 Å². The summed E-state index contributed by atoms with van der Waals surface area (Å²) < 4.78 is 39.2. The first kappa shape index (κ1) is 19.9. The number of nitrogens with zero attached hydrogens (tertiary/aromatic N) is 2. The second-order valence-electron chi connectivity index (χ2n) is 7.35. The number of rotatable bonds is 4. The van der Waals surface area contributed by atoms with Crippen molar-refractivity contribution >= 4 is 28.9 Å². The molecule has 0 radical (unpaired) electrons. The van der Waals surface area contributed by atoms with Crippen molar-refractivity contribution in [2.75, 3.05) is 10.6 Å². The van der Waals surface area contributed by atoms with Crippen LogP contribution in [0.5, 0.6) is 0 Å². The molecule has 0 amide bonds. The molecule has 1 atom stereocenters.